The van der Waals surface area contributed by atoms with Gasteiger partial charge in [-0.2, -0.15) is 0 Å². The molecule has 4 rings (SSSR count). The zero-order chi connectivity index (χ0) is 20.3. The van der Waals surface area contributed by atoms with Crippen molar-refractivity contribution in [1.29, 1.82) is 0 Å². The van der Waals surface area contributed by atoms with Gasteiger partial charge in [0.1, 0.15) is 0 Å². The maximum absolute atomic E-state index is 13.2. The number of amides is 1. The predicted octanol–water partition coefficient (Wildman–Crippen LogP) is 1.16. The van der Waals surface area contributed by atoms with Gasteiger partial charge in [0.25, 0.3) is 0 Å². The molecule has 1 saturated carbocycles. The summed E-state index contributed by atoms with van der Waals surface area (Å²) in [6, 6.07) is 4.20. The third kappa shape index (κ3) is 5.35. The third-order valence-electron chi connectivity index (χ3n) is 6.59. The Morgan fingerprint density at radius 1 is 1.00 bits per heavy atom. The van der Waals surface area contributed by atoms with Crippen LogP contribution in [0.2, 0.25) is 0 Å². The zero-order valence-electron chi connectivity index (χ0n) is 17.1. The number of pyridine rings is 1. The Balaban J connectivity index is 1.32. The summed E-state index contributed by atoms with van der Waals surface area (Å²) in [5.41, 5.74) is 1.26. The van der Waals surface area contributed by atoms with E-state index in [-0.39, 0.29) is 29.5 Å². The van der Waals surface area contributed by atoms with Crippen LogP contribution >= 0.6 is 0 Å². The Bertz CT molecular complexity index is 787. The van der Waals surface area contributed by atoms with E-state index in [0.29, 0.717) is 13.0 Å². The molecule has 0 aromatic carbocycles. The first-order valence-electron chi connectivity index (χ1n) is 10.9. The molecule has 29 heavy (non-hydrogen) atoms. The van der Waals surface area contributed by atoms with E-state index in [1.807, 2.05) is 29.4 Å². The van der Waals surface area contributed by atoms with Crippen molar-refractivity contribution in [2.75, 3.05) is 44.2 Å². The van der Waals surface area contributed by atoms with Gasteiger partial charge in [0.05, 0.1) is 18.1 Å². The highest BCUT2D eigenvalue weighted by atomic mass is 32.2. The summed E-state index contributed by atoms with van der Waals surface area (Å²) in [7, 11) is -2.99. The fourth-order valence-corrected chi connectivity index (χ4v) is 6.72. The van der Waals surface area contributed by atoms with Gasteiger partial charge in [-0.05, 0) is 37.0 Å². The smallest absolute Gasteiger partial charge is 0.237 e. The van der Waals surface area contributed by atoms with E-state index in [0.717, 1.165) is 58.4 Å². The molecular formula is C21H32N4O3S. The van der Waals surface area contributed by atoms with Crippen LogP contribution in [0.4, 0.5) is 0 Å². The van der Waals surface area contributed by atoms with Crippen LogP contribution < -0.4 is 0 Å². The monoisotopic (exact) mass is 420 g/mol. The molecule has 3 fully saturated rings. The quantitative estimate of drug-likeness (QED) is 0.688. The Kier molecular flexibility index (Phi) is 6.51. The number of rotatable bonds is 6. The van der Waals surface area contributed by atoms with Crippen LogP contribution in [0.25, 0.3) is 0 Å². The van der Waals surface area contributed by atoms with E-state index in [1.54, 1.807) is 0 Å². The molecule has 3 heterocycles. The molecule has 1 atom stereocenters. The van der Waals surface area contributed by atoms with Crippen molar-refractivity contribution >= 4 is 15.7 Å². The number of sulfone groups is 1. The van der Waals surface area contributed by atoms with Gasteiger partial charge in [0.15, 0.2) is 9.84 Å². The average Bonchev–Trinajstić information content (AvgIpc) is 3.34. The Morgan fingerprint density at radius 3 is 2.28 bits per heavy atom. The van der Waals surface area contributed by atoms with Gasteiger partial charge in [0.2, 0.25) is 5.91 Å². The fourth-order valence-electron chi connectivity index (χ4n) is 5.01. The highest BCUT2D eigenvalue weighted by molar-refractivity contribution is 7.91. The molecule has 0 bridgehead atoms. The van der Waals surface area contributed by atoms with Crippen LogP contribution in [0.1, 0.15) is 37.7 Å². The first-order valence-corrected chi connectivity index (χ1v) is 12.7. The Hall–Kier alpha value is -1.51. The molecule has 1 amide bonds. The van der Waals surface area contributed by atoms with E-state index in [4.69, 9.17) is 0 Å². The molecule has 2 aliphatic heterocycles. The van der Waals surface area contributed by atoms with Gasteiger partial charge >= 0.3 is 0 Å². The van der Waals surface area contributed by atoms with Gasteiger partial charge in [-0.1, -0.05) is 12.8 Å². The second-order valence-corrected chi connectivity index (χ2v) is 10.9. The van der Waals surface area contributed by atoms with Crippen molar-refractivity contribution in [3.8, 4) is 0 Å². The molecule has 1 unspecified atom stereocenters. The van der Waals surface area contributed by atoms with Crippen LogP contribution in [-0.4, -0.2) is 90.3 Å². The van der Waals surface area contributed by atoms with Crippen LogP contribution in [0, 0.1) is 0 Å². The number of hydrogen-bond donors (Lipinski definition) is 0. The molecule has 2 saturated heterocycles. The lowest BCUT2D eigenvalue weighted by Gasteiger charge is -2.38. The van der Waals surface area contributed by atoms with Crippen LogP contribution in [0.15, 0.2) is 24.5 Å². The van der Waals surface area contributed by atoms with Gasteiger partial charge in [-0.15, -0.1) is 0 Å². The minimum absolute atomic E-state index is 0.122. The largest absolute Gasteiger partial charge is 0.335 e. The molecular weight excluding hydrogens is 388 g/mol. The van der Waals surface area contributed by atoms with E-state index >= 15 is 0 Å². The number of piperazine rings is 1. The number of aromatic nitrogens is 1. The number of carbonyl (C=O) groups excluding carboxylic acids is 1. The predicted molar refractivity (Wildman–Crippen MR) is 112 cm³/mol. The molecule has 8 heteroatoms. The molecule has 3 aliphatic rings. The van der Waals surface area contributed by atoms with Crippen molar-refractivity contribution in [2.45, 2.75) is 50.7 Å². The summed E-state index contributed by atoms with van der Waals surface area (Å²) >= 11 is 0. The summed E-state index contributed by atoms with van der Waals surface area (Å²) in [5, 5.41) is 0. The number of hydrogen-bond acceptors (Lipinski definition) is 6. The second kappa shape index (κ2) is 9.10. The second-order valence-electron chi connectivity index (χ2n) is 8.70. The van der Waals surface area contributed by atoms with Gasteiger partial charge < -0.3 is 4.90 Å². The number of nitrogens with zero attached hydrogens (tertiary/aromatic N) is 4. The maximum atomic E-state index is 13.2. The fraction of sp³-hybridized carbons (Fsp3) is 0.714. The lowest BCUT2D eigenvalue weighted by atomic mass is 10.1. The van der Waals surface area contributed by atoms with Gasteiger partial charge in [-0.25, -0.2) is 8.42 Å². The van der Waals surface area contributed by atoms with Crippen molar-refractivity contribution in [3.63, 3.8) is 0 Å². The highest BCUT2D eigenvalue weighted by Gasteiger charge is 2.39. The average molecular weight is 421 g/mol. The first kappa shape index (κ1) is 20.8. The van der Waals surface area contributed by atoms with Crippen LogP contribution in [0.5, 0.6) is 0 Å². The molecule has 1 aromatic heterocycles. The van der Waals surface area contributed by atoms with E-state index in [2.05, 4.69) is 14.8 Å². The molecule has 0 radical (unpaired) electrons. The lowest BCUT2D eigenvalue weighted by molar-refractivity contribution is -0.137. The first-order chi connectivity index (χ1) is 14.0. The Morgan fingerprint density at radius 2 is 1.66 bits per heavy atom. The summed E-state index contributed by atoms with van der Waals surface area (Å²) in [5.74, 6) is 0.498. The van der Waals surface area contributed by atoms with Crippen molar-refractivity contribution < 1.29 is 13.2 Å². The van der Waals surface area contributed by atoms with Crippen LogP contribution in [-0.2, 0) is 21.2 Å². The third-order valence-corrected chi connectivity index (χ3v) is 8.34. The minimum atomic E-state index is -2.99. The van der Waals surface area contributed by atoms with E-state index in [9.17, 15) is 13.2 Å². The molecule has 1 aliphatic carbocycles. The summed E-state index contributed by atoms with van der Waals surface area (Å²) < 4.78 is 24.0. The minimum Gasteiger partial charge on any atom is -0.335 e. The molecule has 1 aromatic rings. The van der Waals surface area contributed by atoms with E-state index in [1.165, 1.54) is 5.56 Å². The van der Waals surface area contributed by atoms with Crippen molar-refractivity contribution in [2.24, 2.45) is 0 Å². The normalized spacial score (nSPS) is 26.0. The van der Waals surface area contributed by atoms with Gasteiger partial charge in [0, 0.05) is 57.2 Å². The number of carbonyl (C=O) groups is 1. The lowest BCUT2D eigenvalue weighted by Crippen LogP contribution is -2.53. The molecule has 7 nitrogen and oxygen atoms in total. The topological polar surface area (TPSA) is 73.8 Å². The standard InChI is InChI=1S/C21H32N4O3S/c26-21(25(19-3-1-2-4-19)20-7-14-29(27,28)17-20)16-24-12-10-23(11-13-24)15-18-5-8-22-9-6-18/h5-6,8-9,19-20H,1-4,7,10-17H2. The van der Waals surface area contributed by atoms with Crippen LogP contribution in [0.3, 0.4) is 0 Å². The van der Waals surface area contributed by atoms with Gasteiger partial charge in [-0.3, -0.25) is 19.6 Å². The molecule has 0 spiro atoms. The zero-order valence-corrected chi connectivity index (χ0v) is 17.9. The SMILES string of the molecule is O=C(CN1CCN(Cc2ccncc2)CC1)N(C1CCCC1)C1CCS(=O)(=O)C1. The Labute approximate surface area is 174 Å². The summed E-state index contributed by atoms with van der Waals surface area (Å²) in [6.45, 7) is 4.96. The molecule has 160 valence electrons. The summed E-state index contributed by atoms with van der Waals surface area (Å²) in [6.07, 6.45) is 8.56. The van der Waals surface area contributed by atoms with Crippen molar-refractivity contribution in [3.05, 3.63) is 30.1 Å². The summed E-state index contributed by atoms with van der Waals surface area (Å²) in [4.78, 5) is 23.9. The molecule has 0 N–H and O–H groups in total. The van der Waals surface area contributed by atoms with Crippen molar-refractivity contribution in [1.82, 2.24) is 19.7 Å². The highest BCUT2D eigenvalue weighted by Crippen LogP contribution is 2.29. The van der Waals surface area contributed by atoms with E-state index < -0.39 is 9.84 Å². The maximum Gasteiger partial charge on any atom is 0.237 e.